The molecule has 0 aliphatic heterocycles. The van der Waals surface area contributed by atoms with Gasteiger partial charge < -0.3 is 5.73 Å². The maximum atomic E-state index is 12.8. The zero-order valence-electron chi connectivity index (χ0n) is 7.81. The molecule has 2 heteroatoms. The molecule has 13 heavy (non-hydrogen) atoms. The molecule has 2 rings (SSSR count). The summed E-state index contributed by atoms with van der Waals surface area (Å²) in [4.78, 5) is 0. The second kappa shape index (κ2) is 2.81. The summed E-state index contributed by atoms with van der Waals surface area (Å²) in [6.07, 6.45) is 2.30. The highest BCUT2D eigenvalue weighted by molar-refractivity contribution is 5.38. The van der Waals surface area contributed by atoms with E-state index in [1.807, 2.05) is 13.0 Å². The van der Waals surface area contributed by atoms with E-state index in [9.17, 15) is 4.39 Å². The Kier molecular flexibility index (Phi) is 1.88. The maximum absolute atomic E-state index is 12.8. The highest BCUT2D eigenvalue weighted by atomic mass is 19.1. The maximum Gasteiger partial charge on any atom is 0.123 e. The third kappa shape index (κ3) is 1.35. The van der Waals surface area contributed by atoms with Crippen LogP contribution >= 0.6 is 0 Å². The molecule has 0 heterocycles. The predicted molar refractivity (Wildman–Crippen MR) is 51.1 cm³/mol. The van der Waals surface area contributed by atoms with Crippen molar-refractivity contribution < 1.29 is 4.39 Å². The van der Waals surface area contributed by atoms with Crippen molar-refractivity contribution in [3.05, 3.63) is 35.1 Å². The van der Waals surface area contributed by atoms with Gasteiger partial charge in [0.2, 0.25) is 0 Å². The van der Waals surface area contributed by atoms with Gasteiger partial charge in [-0.25, -0.2) is 4.39 Å². The molecule has 1 fully saturated rings. The number of benzene rings is 1. The molecule has 1 aliphatic rings. The van der Waals surface area contributed by atoms with Crippen molar-refractivity contribution in [1.82, 2.24) is 0 Å². The van der Waals surface area contributed by atoms with Crippen LogP contribution < -0.4 is 5.73 Å². The molecule has 0 saturated heterocycles. The molecule has 0 amide bonds. The molecule has 0 radical (unpaired) electrons. The van der Waals surface area contributed by atoms with E-state index in [1.165, 1.54) is 11.6 Å². The van der Waals surface area contributed by atoms with Crippen LogP contribution in [0.5, 0.6) is 0 Å². The molecule has 0 bridgehead atoms. The molecule has 2 N–H and O–H groups in total. The van der Waals surface area contributed by atoms with Crippen LogP contribution in [0.15, 0.2) is 18.2 Å². The van der Waals surface area contributed by atoms with Gasteiger partial charge >= 0.3 is 0 Å². The van der Waals surface area contributed by atoms with Gasteiger partial charge in [0.05, 0.1) is 0 Å². The van der Waals surface area contributed by atoms with E-state index in [4.69, 9.17) is 5.73 Å². The van der Waals surface area contributed by atoms with Gasteiger partial charge in [0.25, 0.3) is 0 Å². The summed E-state index contributed by atoms with van der Waals surface area (Å²) in [7, 11) is 0. The van der Waals surface area contributed by atoms with Gasteiger partial charge in [-0.3, -0.25) is 0 Å². The van der Waals surface area contributed by atoms with Gasteiger partial charge in [0, 0.05) is 12.0 Å². The Bertz CT molecular complexity index is 329. The first-order valence-corrected chi connectivity index (χ1v) is 4.65. The fourth-order valence-corrected chi connectivity index (χ4v) is 1.96. The fraction of sp³-hybridized carbons (Fsp3) is 0.455. The van der Waals surface area contributed by atoms with E-state index in [0.29, 0.717) is 6.54 Å². The predicted octanol–water partition coefficient (Wildman–Crippen LogP) is 2.12. The van der Waals surface area contributed by atoms with Crippen LogP contribution in [-0.2, 0) is 5.41 Å². The number of aryl methyl sites for hydroxylation is 1. The number of halogens is 1. The normalized spacial score (nSPS) is 18.7. The summed E-state index contributed by atoms with van der Waals surface area (Å²) in [5.41, 5.74) is 8.16. The van der Waals surface area contributed by atoms with Crippen molar-refractivity contribution in [2.45, 2.75) is 25.2 Å². The van der Waals surface area contributed by atoms with Crippen LogP contribution in [0.2, 0.25) is 0 Å². The Morgan fingerprint density at radius 3 is 2.62 bits per heavy atom. The van der Waals surface area contributed by atoms with Crippen LogP contribution in [-0.4, -0.2) is 6.54 Å². The SMILES string of the molecule is Cc1cc(F)ccc1C1(CN)CC1. The Hall–Kier alpha value is -0.890. The van der Waals surface area contributed by atoms with Crippen molar-refractivity contribution in [1.29, 1.82) is 0 Å². The lowest BCUT2D eigenvalue weighted by molar-refractivity contribution is 0.621. The summed E-state index contributed by atoms with van der Waals surface area (Å²) < 4.78 is 12.8. The Balaban J connectivity index is 2.41. The molecule has 1 saturated carbocycles. The summed E-state index contributed by atoms with van der Waals surface area (Å²) in [5.74, 6) is -0.158. The van der Waals surface area contributed by atoms with E-state index in [1.54, 1.807) is 6.07 Å². The van der Waals surface area contributed by atoms with E-state index in [2.05, 4.69) is 0 Å². The van der Waals surface area contributed by atoms with Crippen molar-refractivity contribution in [2.75, 3.05) is 6.54 Å². The smallest absolute Gasteiger partial charge is 0.123 e. The van der Waals surface area contributed by atoms with Crippen molar-refractivity contribution in [3.8, 4) is 0 Å². The zero-order valence-corrected chi connectivity index (χ0v) is 7.81. The largest absolute Gasteiger partial charge is 0.330 e. The number of rotatable bonds is 2. The molecule has 1 aliphatic carbocycles. The molecule has 0 atom stereocenters. The highest BCUT2D eigenvalue weighted by Gasteiger charge is 2.43. The van der Waals surface area contributed by atoms with Crippen LogP contribution in [0.1, 0.15) is 24.0 Å². The van der Waals surface area contributed by atoms with Gasteiger partial charge in [-0.2, -0.15) is 0 Å². The van der Waals surface area contributed by atoms with Crippen LogP contribution in [0.25, 0.3) is 0 Å². The Morgan fingerprint density at radius 1 is 1.46 bits per heavy atom. The molecular weight excluding hydrogens is 165 g/mol. The van der Waals surface area contributed by atoms with Crippen LogP contribution in [0.4, 0.5) is 4.39 Å². The first kappa shape index (κ1) is 8.70. The van der Waals surface area contributed by atoms with E-state index in [0.717, 1.165) is 18.4 Å². The molecule has 70 valence electrons. The van der Waals surface area contributed by atoms with Crippen molar-refractivity contribution >= 4 is 0 Å². The van der Waals surface area contributed by atoms with Crippen molar-refractivity contribution in [2.24, 2.45) is 5.73 Å². The van der Waals surface area contributed by atoms with Gasteiger partial charge in [0.15, 0.2) is 0 Å². The summed E-state index contributed by atoms with van der Waals surface area (Å²) in [6, 6.07) is 4.99. The second-order valence-electron chi connectivity index (χ2n) is 3.94. The molecular formula is C11H14FN. The first-order chi connectivity index (χ1) is 6.18. The highest BCUT2D eigenvalue weighted by Crippen LogP contribution is 2.48. The lowest BCUT2D eigenvalue weighted by atomic mass is 9.92. The fourth-order valence-electron chi connectivity index (χ4n) is 1.96. The standard InChI is InChI=1S/C11H14FN/c1-8-6-9(12)2-3-10(8)11(7-13)4-5-11/h2-3,6H,4-5,7,13H2,1H3. The molecule has 0 aromatic heterocycles. The molecule has 0 unspecified atom stereocenters. The average molecular weight is 179 g/mol. The minimum absolute atomic E-state index is 0.158. The third-order valence-electron chi connectivity index (χ3n) is 3.00. The molecule has 1 nitrogen and oxygen atoms in total. The monoisotopic (exact) mass is 179 g/mol. The average Bonchev–Trinajstić information content (AvgIpc) is 2.85. The zero-order chi connectivity index (χ0) is 9.47. The topological polar surface area (TPSA) is 26.0 Å². The number of hydrogen-bond donors (Lipinski definition) is 1. The lowest BCUT2D eigenvalue weighted by Crippen LogP contribution is -2.20. The van der Waals surface area contributed by atoms with Gasteiger partial charge in [-0.05, 0) is 43.0 Å². The quantitative estimate of drug-likeness (QED) is 0.739. The number of hydrogen-bond acceptors (Lipinski definition) is 1. The Labute approximate surface area is 77.8 Å². The molecule has 1 aromatic rings. The van der Waals surface area contributed by atoms with E-state index >= 15 is 0 Å². The van der Waals surface area contributed by atoms with Gasteiger partial charge in [0.1, 0.15) is 5.82 Å². The summed E-state index contributed by atoms with van der Waals surface area (Å²) >= 11 is 0. The third-order valence-corrected chi connectivity index (χ3v) is 3.00. The second-order valence-corrected chi connectivity index (χ2v) is 3.94. The van der Waals surface area contributed by atoms with Gasteiger partial charge in [-0.1, -0.05) is 6.07 Å². The molecule has 0 spiro atoms. The van der Waals surface area contributed by atoms with Crippen LogP contribution in [0.3, 0.4) is 0 Å². The Morgan fingerprint density at radius 2 is 2.15 bits per heavy atom. The minimum atomic E-state index is -0.158. The summed E-state index contributed by atoms with van der Waals surface area (Å²) in [5, 5.41) is 0. The van der Waals surface area contributed by atoms with Gasteiger partial charge in [-0.15, -0.1) is 0 Å². The first-order valence-electron chi connectivity index (χ1n) is 4.65. The minimum Gasteiger partial charge on any atom is -0.330 e. The lowest BCUT2D eigenvalue weighted by Gasteiger charge is -2.15. The molecule has 1 aromatic carbocycles. The number of nitrogens with two attached hydrogens (primary N) is 1. The van der Waals surface area contributed by atoms with E-state index in [-0.39, 0.29) is 11.2 Å². The van der Waals surface area contributed by atoms with Crippen LogP contribution in [0, 0.1) is 12.7 Å². The van der Waals surface area contributed by atoms with Crippen molar-refractivity contribution in [3.63, 3.8) is 0 Å². The van der Waals surface area contributed by atoms with E-state index < -0.39 is 0 Å². The summed E-state index contributed by atoms with van der Waals surface area (Å²) in [6.45, 7) is 2.63.